The smallest absolute Gasteiger partial charge is 0.124 e. The zero-order valence-corrected chi connectivity index (χ0v) is 13.3. The van der Waals surface area contributed by atoms with Crippen LogP contribution < -0.4 is 10.1 Å². The third-order valence-corrected chi connectivity index (χ3v) is 4.97. The number of hydrogen-bond acceptors (Lipinski definition) is 3. The summed E-state index contributed by atoms with van der Waals surface area (Å²) in [5.74, 6) is 0.965. The molecular formula is C16H22BrNO2. The maximum Gasteiger partial charge on any atom is 0.124 e. The lowest BCUT2D eigenvalue weighted by Gasteiger charge is -2.35. The van der Waals surface area contributed by atoms with E-state index in [2.05, 4.69) is 27.3 Å². The van der Waals surface area contributed by atoms with E-state index in [1.54, 1.807) is 0 Å². The number of fused-ring (bicyclic) bond motifs is 1. The van der Waals surface area contributed by atoms with Crippen molar-refractivity contribution in [1.29, 1.82) is 0 Å². The topological polar surface area (TPSA) is 41.5 Å². The van der Waals surface area contributed by atoms with Crippen LogP contribution in [-0.2, 0) is 0 Å². The Balaban J connectivity index is 1.68. The highest BCUT2D eigenvalue weighted by Crippen LogP contribution is 2.35. The molecule has 1 atom stereocenters. The summed E-state index contributed by atoms with van der Waals surface area (Å²) in [6.45, 7) is 1.42. The monoisotopic (exact) mass is 339 g/mol. The van der Waals surface area contributed by atoms with Crippen LogP contribution in [0.25, 0.3) is 0 Å². The highest BCUT2D eigenvalue weighted by atomic mass is 79.9. The second-order valence-electron chi connectivity index (χ2n) is 6.04. The standard InChI is InChI=1S/C16H22BrNO2/c17-12-4-5-15-13(10-12)14(6-9-20-15)18-11-16(19)7-2-1-3-8-16/h4-5,10,14,18-19H,1-3,6-9,11H2. The Bertz CT molecular complexity index is 472. The van der Waals surface area contributed by atoms with E-state index in [0.717, 1.165) is 48.9 Å². The molecule has 0 spiro atoms. The van der Waals surface area contributed by atoms with Crippen LogP contribution in [0, 0.1) is 0 Å². The average Bonchev–Trinajstić information content (AvgIpc) is 2.46. The second-order valence-corrected chi connectivity index (χ2v) is 6.95. The Morgan fingerprint density at radius 2 is 2.10 bits per heavy atom. The maximum absolute atomic E-state index is 10.6. The predicted octanol–water partition coefficient (Wildman–Crippen LogP) is 3.56. The van der Waals surface area contributed by atoms with Gasteiger partial charge in [0.1, 0.15) is 5.75 Å². The summed E-state index contributed by atoms with van der Waals surface area (Å²) in [7, 11) is 0. The molecule has 1 aliphatic carbocycles. The Kier molecular flexibility index (Phi) is 4.34. The number of ether oxygens (including phenoxy) is 1. The molecule has 1 aromatic carbocycles. The molecule has 4 heteroatoms. The van der Waals surface area contributed by atoms with Gasteiger partial charge in [0.15, 0.2) is 0 Å². The van der Waals surface area contributed by atoms with E-state index < -0.39 is 5.60 Å². The zero-order valence-electron chi connectivity index (χ0n) is 11.7. The normalized spacial score (nSPS) is 24.8. The van der Waals surface area contributed by atoms with Gasteiger partial charge in [-0.05, 0) is 31.0 Å². The summed E-state index contributed by atoms with van der Waals surface area (Å²) in [5.41, 5.74) is 0.688. The molecule has 110 valence electrons. The molecule has 1 unspecified atom stereocenters. The minimum atomic E-state index is -0.511. The van der Waals surface area contributed by atoms with Gasteiger partial charge >= 0.3 is 0 Å². The van der Waals surface area contributed by atoms with Crippen molar-refractivity contribution in [2.75, 3.05) is 13.2 Å². The molecule has 2 aliphatic rings. The summed E-state index contributed by atoms with van der Waals surface area (Å²) in [5, 5.41) is 14.2. The van der Waals surface area contributed by atoms with Gasteiger partial charge in [0, 0.05) is 29.0 Å². The fraction of sp³-hybridized carbons (Fsp3) is 0.625. The van der Waals surface area contributed by atoms with Gasteiger partial charge < -0.3 is 15.2 Å². The number of hydrogen-bond donors (Lipinski definition) is 2. The van der Waals surface area contributed by atoms with Gasteiger partial charge in [-0.3, -0.25) is 0 Å². The van der Waals surface area contributed by atoms with Gasteiger partial charge in [-0.15, -0.1) is 0 Å². The molecule has 1 heterocycles. The highest BCUT2D eigenvalue weighted by molar-refractivity contribution is 9.10. The molecule has 0 aromatic heterocycles. The molecule has 0 amide bonds. The lowest BCUT2D eigenvalue weighted by Crippen LogP contribution is -2.44. The number of rotatable bonds is 3. The van der Waals surface area contributed by atoms with Gasteiger partial charge in [0.25, 0.3) is 0 Å². The van der Waals surface area contributed by atoms with Crippen molar-refractivity contribution in [3.8, 4) is 5.75 Å². The molecule has 0 radical (unpaired) electrons. The third-order valence-electron chi connectivity index (χ3n) is 4.47. The molecule has 1 fully saturated rings. The van der Waals surface area contributed by atoms with Gasteiger partial charge in [-0.1, -0.05) is 35.2 Å². The fourth-order valence-corrected chi connectivity index (χ4v) is 3.66. The Labute approximate surface area is 128 Å². The Hall–Kier alpha value is -0.580. The number of benzene rings is 1. The summed E-state index contributed by atoms with van der Waals surface area (Å²) < 4.78 is 6.78. The molecule has 1 saturated carbocycles. The lowest BCUT2D eigenvalue weighted by atomic mass is 9.84. The van der Waals surface area contributed by atoms with Crippen LogP contribution in [0.15, 0.2) is 22.7 Å². The van der Waals surface area contributed by atoms with Crippen LogP contribution in [0.3, 0.4) is 0 Å². The van der Waals surface area contributed by atoms with Crippen molar-refractivity contribution in [1.82, 2.24) is 5.32 Å². The average molecular weight is 340 g/mol. The SMILES string of the molecule is OC1(CNC2CCOc3ccc(Br)cc32)CCCCC1. The minimum absolute atomic E-state index is 0.280. The highest BCUT2D eigenvalue weighted by Gasteiger charge is 2.31. The molecule has 0 saturated heterocycles. The van der Waals surface area contributed by atoms with E-state index in [1.165, 1.54) is 12.0 Å². The molecule has 1 aromatic rings. The van der Waals surface area contributed by atoms with Crippen LogP contribution in [0.5, 0.6) is 5.75 Å². The predicted molar refractivity (Wildman–Crippen MR) is 83.0 cm³/mol. The van der Waals surface area contributed by atoms with Gasteiger partial charge in [-0.25, -0.2) is 0 Å². The third kappa shape index (κ3) is 3.18. The molecule has 0 bridgehead atoms. The van der Waals surface area contributed by atoms with Crippen LogP contribution >= 0.6 is 15.9 Å². The summed E-state index contributed by atoms with van der Waals surface area (Å²) in [6, 6.07) is 6.43. The van der Waals surface area contributed by atoms with Crippen LogP contribution in [0.4, 0.5) is 0 Å². The van der Waals surface area contributed by atoms with E-state index in [-0.39, 0.29) is 6.04 Å². The van der Waals surface area contributed by atoms with Crippen molar-refractivity contribution < 1.29 is 9.84 Å². The maximum atomic E-state index is 10.6. The van der Waals surface area contributed by atoms with E-state index in [0.29, 0.717) is 6.54 Å². The van der Waals surface area contributed by atoms with Crippen LogP contribution in [-0.4, -0.2) is 23.9 Å². The first kappa shape index (κ1) is 14.4. The summed E-state index contributed by atoms with van der Waals surface area (Å²) in [6.07, 6.45) is 6.36. The molecule has 3 rings (SSSR count). The van der Waals surface area contributed by atoms with E-state index in [1.807, 2.05) is 12.1 Å². The zero-order chi connectivity index (χ0) is 14.0. The number of halogens is 1. The fourth-order valence-electron chi connectivity index (χ4n) is 3.28. The van der Waals surface area contributed by atoms with Crippen molar-refractivity contribution in [2.45, 2.75) is 50.2 Å². The first-order chi connectivity index (χ1) is 9.66. The minimum Gasteiger partial charge on any atom is -0.493 e. The Morgan fingerprint density at radius 3 is 2.90 bits per heavy atom. The first-order valence-electron chi connectivity index (χ1n) is 7.54. The second kappa shape index (κ2) is 6.04. The van der Waals surface area contributed by atoms with Crippen LogP contribution in [0.1, 0.15) is 50.1 Å². The number of aliphatic hydroxyl groups is 1. The van der Waals surface area contributed by atoms with Crippen molar-refractivity contribution in [3.05, 3.63) is 28.2 Å². The quantitative estimate of drug-likeness (QED) is 0.884. The van der Waals surface area contributed by atoms with Gasteiger partial charge in [-0.2, -0.15) is 0 Å². The largest absolute Gasteiger partial charge is 0.493 e. The van der Waals surface area contributed by atoms with Crippen molar-refractivity contribution in [2.24, 2.45) is 0 Å². The summed E-state index contributed by atoms with van der Waals surface area (Å²) in [4.78, 5) is 0. The first-order valence-corrected chi connectivity index (χ1v) is 8.34. The molecule has 20 heavy (non-hydrogen) atoms. The van der Waals surface area contributed by atoms with E-state index in [4.69, 9.17) is 4.74 Å². The van der Waals surface area contributed by atoms with Crippen molar-refractivity contribution >= 4 is 15.9 Å². The molecule has 1 aliphatic heterocycles. The van der Waals surface area contributed by atoms with E-state index >= 15 is 0 Å². The van der Waals surface area contributed by atoms with E-state index in [9.17, 15) is 5.11 Å². The van der Waals surface area contributed by atoms with Gasteiger partial charge in [0.2, 0.25) is 0 Å². The van der Waals surface area contributed by atoms with Crippen LogP contribution in [0.2, 0.25) is 0 Å². The molecule has 2 N–H and O–H groups in total. The lowest BCUT2D eigenvalue weighted by molar-refractivity contribution is 0.00151. The Morgan fingerprint density at radius 1 is 1.30 bits per heavy atom. The summed E-state index contributed by atoms with van der Waals surface area (Å²) >= 11 is 3.52. The number of nitrogens with one attached hydrogen (secondary N) is 1. The molecule has 3 nitrogen and oxygen atoms in total. The van der Waals surface area contributed by atoms with Gasteiger partial charge in [0.05, 0.1) is 12.2 Å². The van der Waals surface area contributed by atoms with Crippen molar-refractivity contribution in [3.63, 3.8) is 0 Å². The molecular weight excluding hydrogens is 318 g/mol.